The third-order valence-corrected chi connectivity index (χ3v) is 2.67. The summed E-state index contributed by atoms with van der Waals surface area (Å²) < 4.78 is 0. The van der Waals surface area contributed by atoms with Crippen molar-refractivity contribution in [1.82, 2.24) is 10.2 Å². The van der Waals surface area contributed by atoms with Gasteiger partial charge in [0.25, 0.3) is 0 Å². The molecule has 1 rings (SSSR count). The van der Waals surface area contributed by atoms with Crippen molar-refractivity contribution in [3.05, 3.63) is 35.4 Å². The van der Waals surface area contributed by atoms with Crippen LogP contribution in [0, 0.1) is 6.92 Å². The standard InChI is InChI=1S/C14H24N2/c1-4-9-15-10-11-16(3)12-14-7-5-13(2)6-8-14/h5-8,15H,4,9-12H2,1-3H3. The normalized spacial score (nSPS) is 11.0. The van der Waals surface area contributed by atoms with Crippen LogP contribution in [-0.4, -0.2) is 31.6 Å². The molecular formula is C14H24N2. The molecule has 0 amide bonds. The Hall–Kier alpha value is -0.860. The van der Waals surface area contributed by atoms with Crippen LogP contribution in [0.1, 0.15) is 24.5 Å². The Bertz CT molecular complexity index is 279. The summed E-state index contributed by atoms with van der Waals surface area (Å²) in [7, 11) is 2.17. The van der Waals surface area contributed by atoms with Crippen molar-refractivity contribution in [2.24, 2.45) is 0 Å². The van der Waals surface area contributed by atoms with Crippen molar-refractivity contribution >= 4 is 0 Å². The van der Waals surface area contributed by atoms with E-state index in [-0.39, 0.29) is 0 Å². The molecule has 0 unspecified atom stereocenters. The highest BCUT2D eigenvalue weighted by molar-refractivity contribution is 5.21. The van der Waals surface area contributed by atoms with Gasteiger partial charge in [-0.15, -0.1) is 0 Å². The zero-order chi connectivity index (χ0) is 11.8. The highest BCUT2D eigenvalue weighted by atomic mass is 15.1. The van der Waals surface area contributed by atoms with E-state index in [2.05, 4.69) is 55.4 Å². The molecule has 0 spiro atoms. The lowest BCUT2D eigenvalue weighted by molar-refractivity contribution is 0.324. The minimum atomic E-state index is 1.04. The lowest BCUT2D eigenvalue weighted by Gasteiger charge is -2.17. The van der Waals surface area contributed by atoms with E-state index in [1.807, 2.05) is 0 Å². The van der Waals surface area contributed by atoms with Gasteiger partial charge < -0.3 is 10.2 Å². The molecule has 0 aliphatic carbocycles. The first kappa shape index (κ1) is 13.2. The van der Waals surface area contributed by atoms with Crippen LogP contribution in [0.2, 0.25) is 0 Å². The van der Waals surface area contributed by atoms with Crippen molar-refractivity contribution in [2.45, 2.75) is 26.8 Å². The summed E-state index contributed by atoms with van der Waals surface area (Å²) in [6, 6.07) is 8.79. The zero-order valence-electron chi connectivity index (χ0n) is 10.8. The Balaban J connectivity index is 2.23. The average molecular weight is 220 g/mol. The summed E-state index contributed by atoms with van der Waals surface area (Å²) in [5, 5.41) is 3.42. The molecule has 0 saturated carbocycles. The van der Waals surface area contributed by atoms with Crippen LogP contribution in [0.25, 0.3) is 0 Å². The second-order valence-corrected chi connectivity index (χ2v) is 4.47. The van der Waals surface area contributed by atoms with E-state index in [1.54, 1.807) is 0 Å². The first-order chi connectivity index (χ1) is 7.72. The Kier molecular flexibility index (Phi) is 6.12. The molecule has 1 aromatic carbocycles. The summed E-state index contributed by atoms with van der Waals surface area (Å²) in [5.41, 5.74) is 2.72. The number of aryl methyl sites for hydroxylation is 1. The summed E-state index contributed by atoms with van der Waals surface area (Å²) in [4.78, 5) is 2.35. The summed E-state index contributed by atoms with van der Waals surface area (Å²) in [5.74, 6) is 0. The van der Waals surface area contributed by atoms with Gasteiger partial charge in [0.05, 0.1) is 0 Å². The lowest BCUT2D eigenvalue weighted by Crippen LogP contribution is -2.29. The lowest BCUT2D eigenvalue weighted by atomic mass is 10.1. The van der Waals surface area contributed by atoms with Crippen LogP contribution < -0.4 is 5.32 Å². The van der Waals surface area contributed by atoms with E-state index >= 15 is 0 Å². The van der Waals surface area contributed by atoms with Gasteiger partial charge in [-0.3, -0.25) is 0 Å². The first-order valence-electron chi connectivity index (χ1n) is 6.17. The van der Waals surface area contributed by atoms with Crippen LogP contribution in [0.4, 0.5) is 0 Å². The molecule has 1 aromatic rings. The molecule has 0 heterocycles. The van der Waals surface area contributed by atoms with Gasteiger partial charge in [0, 0.05) is 19.6 Å². The fourth-order valence-electron chi connectivity index (χ4n) is 1.66. The molecule has 0 atom stereocenters. The fraction of sp³-hybridized carbons (Fsp3) is 0.571. The number of nitrogens with one attached hydrogen (secondary N) is 1. The number of rotatable bonds is 7. The fourth-order valence-corrected chi connectivity index (χ4v) is 1.66. The van der Waals surface area contributed by atoms with Crippen LogP contribution in [0.5, 0.6) is 0 Å². The number of likely N-dealkylation sites (N-methyl/N-ethyl adjacent to an activating group) is 1. The monoisotopic (exact) mass is 220 g/mol. The van der Waals surface area contributed by atoms with Gasteiger partial charge in [-0.25, -0.2) is 0 Å². The quantitative estimate of drug-likeness (QED) is 0.710. The van der Waals surface area contributed by atoms with E-state index < -0.39 is 0 Å². The van der Waals surface area contributed by atoms with E-state index in [9.17, 15) is 0 Å². The van der Waals surface area contributed by atoms with Gasteiger partial charge in [0.15, 0.2) is 0 Å². The number of nitrogens with zero attached hydrogens (tertiary/aromatic N) is 1. The average Bonchev–Trinajstić information content (AvgIpc) is 2.28. The maximum absolute atomic E-state index is 3.42. The van der Waals surface area contributed by atoms with Crippen LogP contribution in [-0.2, 0) is 6.54 Å². The molecule has 0 fully saturated rings. The van der Waals surface area contributed by atoms with Gasteiger partial charge in [-0.05, 0) is 32.5 Å². The summed E-state index contributed by atoms with van der Waals surface area (Å²) >= 11 is 0. The molecule has 0 aromatic heterocycles. The predicted molar refractivity (Wildman–Crippen MR) is 70.7 cm³/mol. The largest absolute Gasteiger partial charge is 0.315 e. The number of hydrogen-bond acceptors (Lipinski definition) is 2. The van der Waals surface area contributed by atoms with Crippen LogP contribution >= 0.6 is 0 Å². The molecule has 0 saturated heterocycles. The van der Waals surface area contributed by atoms with Gasteiger partial charge in [-0.2, -0.15) is 0 Å². The Morgan fingerprint density at radius 1 is 1.12 bits per heavy atom. The maximum atomic E-state index is 3.42. The molecule has 1 N–H and O–H groups in total. The van der Waals surface area contributed by atoms with E-state index in [0.29, 0.717) is 0 Å². The second kappa shape index (κ2) is 7.42. The molecule has 90 valence electrons. The number of hydrogen-bond donors (Lipinski definition) is 1. The van der Waals surface area contributed by atoms with Crippen molar-refractivity contribution in [1.29, 1.82) is 0 Å². The van der Waals surface area contributed by atoms with Gasteiger partial charge in [0.2, 0.25) is 0 Å². The van der Waals surface area contributed by atoms with Crippen molar-refractivity contribution in [3.63, 3.8) is 0 Å². The van der Waals surface area contributed by atoms with Crippen molar-refractivity contribution in [2.75, 3.05) is 26.7 Å². The maximum Gasteiger partial charge on any atom is 0.0231 e. The summed E-state index contributed by atoms with van der Waals surface area (Å²) in [6.45, 7) is 8.67. The predicted octanol–water partition coefficient (Wildman–Crippen LogP) is 2.43. The zero-order valence-corrected chi connectivity index (χ0v) is 10.8. The van der Waals surface area contributed by atoms with Gasteiger partial charge >= 0.3 is 0 Å². The van der Waals surface area contributed by atoms with Gasteiger partial charge in [0.1, 0.15) is 0 Å². The second-order valence-electron chi connectivity index (χ2n) is 4.47. The Labute approximate surface area is 99.7 Å². The molecule has 2 heteroatoms. The smallest absolute Gasteiger partial charge is 0.0231 e. The highest BCUT2D eigenvalue weighted by Gasteiger charge is 1.99. The minimum absolute atomic E-state index is 1.04. The first-order valence-corrected chi connectivity index (χ1v) is 6.17. The molecular weight excluding hydrogens is 196 g/mol. The van der Waals surface area contributed by atoms with Crippen molar-refractivity contribution in [3.8, 4) is 0 Å². The van der Waals surface area contributed by atoms with E-state index in [4.69, 9.17) is 0 Å². The third-order valence-electron chi connectivity index (χ3n) is 2.67. The molecule has 0 aliphatic heterocycles. The Morgan fingerprint density at radius 3 is 2.44 bits per heavy atom. The highest BCUT2D eigenvalue weighted by Crippen LogP contribution is 2.05. The number of benzene rings is 1. The molecule has 0 radical (unpaired) electrons. The van der Waals surface area contributed by atoms with Crippen LogP contribution in [0.3, 0.4) is 0 Å². The molecule has 2 nitrogen and oxygen atoms in total. The Morgan fingerprint density at radius 2 is 1.81 bits per heavy atom. The van der Waals surface area contributed by atoms with Crippen molar-refractivity contribution < 1.29 is 0 Å². The van der Waals surface area contributed by atoms with E-state index in [0.717, 1.165) is 26.2 Å². The third kappa shape index (κ3) is 5.29. The molecule has 0 aliphatic rings. The SMILES string of the molecule is CCCNCCN(C)Cc1ccc(C)cc1. The molecule has 16 heavy (non-hydrogen) atoms. The van der Waals surface area contributed by atoms with E-state index in [1.165, 1.54) is 17.5 Å². The summed E-state index contributed by atoms with van der Waals surface area (Å²) in [6.07, 6.45) is 1.21. The topological polar surface area (TPSA) is 15.3 Å². The minimum Gasteiger partial charge on any atom is -0.315 e. The molecule has 0 bridgehead atoms. The van der Waals surface area contributed by atoms with Gasteiger partial charge in [-0.1, -0.05) is 36.8 Å². The van der Waals surface area contributed by atoms with Crippen LogP contribution in [0.15, 0.2) is 24.3 Å².